The van der Waals surface area contributed by atoms with Gasteiger partial charge in [0.1, 0.15) is 6.04 Å². The molecule has 0 aliphatic rings. The number of ether oxygens (including phenoxy) is 1. The first-order chi connectivity index (χ1) is 12.0. The van der Waals surface area contributed by atoms with Crippen molar-refractivity contribution in [2.75, 3.05) is 7.11 Å². The minimum Gasteiger partial charge on any atom is -0.465 e. The molecular weight excluding hydrogens is 320 g/mol. The van der Waals surface area contributed by atoms with Gasteiger partial charge in [-0.25, -0.2) is 4.79 Å². The molecule has 0 aliphatic heterocycles. The van der Waals surface area contributed by atoms with Gasteiger partial charge >= 0.3 is 5.97 Å². The van der Waals surface area contributed by atoms with E-state index < -0.39 is 23.8 Å². The molecule has 2 amide bonds. The zero-order valence-electron chi connectivity index (χ0n) is 15.0. The summed E-state index contributed by atoms with van der Waals surface area (Å²) in [6.45, 7) is 2.16. The normalized spacial score (nSPS) is 11.6. The Labute approximate surface area is 149 Å². The van der Waals surface area contributed by atoms with Crippen LogP contribution in [-0.2, 0) is 9.53 Å². The number of carbonyl (C=O) groups excluding carboxylic acids is 3. The molecular formula is C19H28N2O4. The molecule has 0 aliphatic carbocycles. The van der Waals surface area contributed by atoms with E-state index in [1.165, 1.54) is 32.4 Å². The number of hydrogen-bond acceptors (Lipinski definition) is 4. The van der Waals surface area contributed by atoms with Crippen molar-refractivity contribution in [1.29, 1.82) is 0 Å². The van der Waals surface area contributed by atoms with E-state index in [2.05, 4.69) is 17.0 Å². The summed E-state index contributed by atoms with van der Waals surface area (Å²) >= 11 is 0. The highest BCUT2D eigenvalue weighted by atomic mass is 16.5. The Morgan fingerprint density at radius 3 is 2.36 bits per heavy atom. The maximum absolute atomic E-state index is 12.3. The van der Waals surface area contributed by atoms with Crippen molar-refractivity contribution in [3.63, 3.8) is 0 Å². The van der Waals surface area contributed by atoms with Crippen LogP contribution < -0.4 is 11.1 Å². The second kappa shape index (κ2) is 11.2. The molecule has 0 heterocycles. The Morgan fingerprint density at radius 2 is 1.72 bits per heavy atom. The van der Waals surface area contributed by atoms with E-state index in [0.717, 1.165) is 19.3 Å². The van der Waals surface area contributed by atoms with Gasteiger partial charge in [-0.3, -0.25) is 9.59 Å². The summed E-state index contributed by atoms with van der Waals surface area (Å²) < 4.78 is 4.64. The molecule has 0 saturated carbocycles. The Kier molecular flexibility index (Phi) is 9.29. The third-order valence-corrected chi connectivity index (χ3v) is 4.04. The van der Waals surface area contributed by atoms with Crippen molar-refractivity contribution in [2.45, 2.75) is 57.9 Å². The molecule has 0 unspecified atom stereocenters. The second-order valence-electron chi connectivity index (χ2n) is 6.06. The van der Waals surface area contributed by atoms with Crippen LogP contribution in [0.2, 0.25) is 0 Å². The quantitative estimate of drug-likeness (QED) is 0.474. The predicted octanol–water partition coefficient (Wildman–Crippen LogP) is 2.81. The number of amides is 2. The molecule has 138 valence electrons. The fourth-order valence-electron chi connectivity index (χ4n) is 2.56. The number of carbonyl (C=O) groups is 3. The Balaban J connectivity index is 2.58. The number of nitrogens with one attached hydrogen (secondary N) is 1. The van der Waals surface area contributed by atoms with Gasteiger partial charge in [0.05, 0.1) is 12.7 Å². The highest BCUT2D eigenvalue weighted by Crippen LogP contribution is 2.10. The monoisotopic (exact) mass is 348 g/mol. The minimum absolute atomic E-state index is 0.279. The number of benzene rings is 1. The van der Waals surface area contributed by atoms with Crippen LogP contribution in [-0.4, -0.2) is 30.9 Å². The molecule has 0 spiro atoms. The molecule has 1 aromatic carbocycles. The van der Waals surface area contributed by atoms with E-state index in [-0.39, 0.29) is 11.1 Å². The first kappa shape index (κ1) is 20.7. The van der Waals surface area contributed by atoms with Crippen LogP contribution >= 0.6 is 0 Å². The number of unbranched alkanes of at least 4 members (excludes halogenated alkanes) is 5. The summed E-state index contributed by atoms with van der Waals surface area (Å²) in [6.07, 6.45) is 7.07. The minimum atomic E-state index is -0.708. The summed E-state index contributed by atoms with van der Waals surface area (Å²) in [5.41, 5.74) is 5.97. The number of rotatable bonds is 11. The molecule has 0 fully saturated rings. The largest absolute Gasteiger partial charge is 0.465 e. The van der Waals surface area contributed by atoms with Crippen molar-refractivity contribution < 1.29 is 19.1 Å². The topological polar surface area (TPSA) is 98.5 Å². The van der Waals surface area contributed by atoms with Gasteiger partial charge < -0.3 is 15.8 Å². The number of esters is 1. The fourth-order valence-corrected chi connectivity index (χ4v) is 2.56. The Bertz CT molecular complexity index is 587. The molecule has 6 nitrogen and oxygen atoms in total. The maximum Gasteiger partial charge on any atom is 0.337 e. The van der Waals surface area contributed by atoms with E-state index >= 15 is 0 Å². The van der Waals surface area contributed by atoms with Crippen molar-refractivity contribution in [1.82, 2.24) is 5.32 Å². The Morgan fingerprint density at radius 1 is 1.08 bits per heavy atom. The van der Waals surface area contributed by atoms with E-state index in [0.29, 0.717) is 6.42 Å². The lowest BCUT2D eigenvalue weighted by Crippen LogP contribution is -2.44. The average molecular weight is 348 g/mol. The number of primary amides is 1. The highest BCUT2D eigenvalue weighted by molar-refractivity contribution is 5.99. The lowest BCUT2D eigenvalue weighted by atomic mass is 10.0. The van der Waals surface area contributed by atoms with Crippen LogP contribution in [0.1, 0.15) is 72.6 Å². The van der Waals surface area contributed by atoms with Crippen molar-refractivity contribution in [2.24, 2.45) is 5.73 Å². The van der Waals surface area contributed by atoms with Gasteiger partial charge in [0.25, 0.3) is 5.91 Å². The smallest absolute Gasteiger partial charge is 0.337 e. The maximum atomic E-state index is 12.3. The van der Waals surface area contributed by atoms with Crippen LogP contribution in [0.25, 0.3) is 0 Å². The number of methoxy groups -OCH3 is 1. The summed E-state index contributed by atoms with van der Waals surface area (Å²) in [4.78, 5) is 35.5. The standard InChI is InChI=1S/C19H28N2O4/c1-3-4-5-6-7-8-12-16(17(20)22)21-18(23)14-10-9-11-15(13-14)19(24)25-2/h9-11,13,16H,3-8,12H2,1-2H3,(H2,20,22)(H,21,23)/t16-/m0/s1. The van der Waals surface area contributed by atoms with Crippen LogP contribution in [0.4, 0.5) is 0 Å². The third kappa shape index (κ3) is 7.37. The second-order valence-corrected chi connectivity index (χ2v) is 6.06. The van der Waals surface area contributed by atoms with E-state index in [9.17, 15) is 14.4 Å². The van der Waals surface area contributed by atoms with Crippen LogP contribution in [0.15, 0.2) is 24.3 Å². The van der Waals surface area contributed by atoms with E-state index in [1.54, 1.807) is 18.2 Å². The first-order valence-electron chi connectivity index (χ1n) is 8.78. The molecule has 0 aromatic heterocycles. The van der Waals surface area contributed by atoms with Gasteiger partial charge in [-0.05, 0) is 24.6 Å². The number of nitrogens with two attached hydrogens (primary N) is 1. The zero-order valence-corrected chi connectivity index (χ0v) is 15.0. The molecule has 0 bridgehead atoms. The van der Waals surface area contributed by atoms with Gasteiger partial charge in [0.15, 0.2) is 0 Å². The molecule has 3 N–H and O–H groups in total. The predicted molar refractivity (Wildman–Crippen MR) is 96.2 cm³/mol. The fraction of sp³-hybridized carbons (Fsp3) is 0.526. The highest BCUT2D eigenvalue weighted by Gasteiger charge is 2.19. The summed E-state index contributed by atoms with van der Waals surface area (Å²) in [5, 5.41) is 2.65. The molecule has 25 heavy (non-hydrogen) atoms. The molecule has 1 rings (SSSR count). The van der Waals surface area contributed by atoms with E-state index in [4.69, 9.17) is 5.73 Å². The van der Waals surface area contributed by atoms with Crippen molar-refractivity contribution in [3.8, 4) is 0 Å². The van der Waals surface area contributed by atoms with Gasteiger partial charge in [-0.15, -0.1) is 0 Å². The van der Waals surface area contributed by atoms with Crippen LogP contribution in [0.5, 0.6) is 0 Å². The van der Waals surface area contributed by atoms with Crippen molar-refractivity contribution >= 4 is 17.8 Å². The third-order valence-electron chi connectivity index (χ3n) is 4.04. The molecule has 0 radical (unpaired) electrons. The summed E-state index contributed by atoms with van der Waals surface area (Å²) in [6, 6.07) is 5.45. The average Bonchev–Trinajstić information content (AvgIpc) is 2.62. The lowest BCUT2D eigenvalue weighted by molar-refractivity contribution is -0.120. The van der Waals surface area contributed by atoms with Crippen LogP contribution in [0.3, 0.4) is 0 Å². The first-order valence-corrected chi connectivity index (χ1v) is 8.78. The molecule has 0 saturated heterocycles. The molecule has 6 heteroatoms. The summed E-state index contributed by atoms with van der Waals surface area (Å²) in [7, 11) is 1.28. The zero-order chi connectivity index (χ0) is 18.7. The van der Waals surface area contributed by atoms with Gasteiger partial charge in [-0.1, -0.05) is 51.5 Å². The van der Waals surface area contributed by atoms with E-state index in [1.807, 2.05) is 0 Å². The van der Waals surface area contributed by atoms with Crippen molar-refractivity contribution in [3.05, 3.63) is 35.4 Å². The van der Waals surface area contributed by atoms with Crippen LogP contribution in [0, 0.1) is 0 Å². The summed E-state index contributed by atoms with van der Waals surface area (Å²) in [5.74, 6) is -1.50. The molecule has 1 atom stereocenters. The SMILES string of the molecule is CCCCCCCC[C@H](NC(=O)c1cccc(C(=O)OC)c1)C(N)=O. The lowest BCUT2D eigenvalue weighted by Gasteiger charge is -2.15. The number of hydrogen-bond donors (Lipinski definition) is 2. The van der Waals surface area contributed by atoms with Gasteiger partial charge in [0.2, 0.25) is 5.91 Å². The van der Waals surface area contributed by atoms with Gasteiger partial charge in [-0.2, -0.15) is 0 Å². The Hall–Kier alpha value is -2.37. The molecule has 1 aromatic rings. The van der Waals surface area contributed by atoms with Gasteiger partial charge in [0, 0.05) is 5.56 Å².